The number of benzene rings is 2. The fourth-order valence-corrected chi connectivity index (χ4v) is 4.23. The molecule has 1 aliphatic rings. The van der Waals surface area contributed by atoms with Gasteiger partial charge in [-0.05, 0) is 43.7 Å². The molecule has 12 nitrogen and oxygen atoms in total. The second-order valence-corrected chi connectivity index (χ2v) is 7.82. The van der Waals surface area contributed by atoms with Gasteiger partial charge in [0.1, 0.15) is 23.2 Å². The Kier molecular flexibility index (Phi) is 7.59. The summed E-state index contributed by atoms with van der Waals surface area (Å²) in [5, 5.41) is 30.8. The highest BCUT2D eigenvalue weighted by Gasteiger charge is 2.39. The SMILES string of the molecule is COc1ccc(N2C(C)=C(OC(=O)O)C(c3ccc(OC)c([N+](=O)[O-])c3)C(OC(=O)O)=C2C)cc1Cl. The number of nitrogens with zero attached hydrogens (tertiary/aromatic N) is 2. The van der Waals surface area contributed by atoms with E-state index in [1.54, 1.807) is 26.0 Å². The van der Waals surface area contributed by atoms with Crippen LogP contribution in [0, 0.1) is 10.1 Å². The number of carbonyl (C=O) groups is 2. The highest BCUT2D eigenvalue weighted by molar-refractivity contribution is 6.32. The molecule has 0 saturated heterocycles. The molecule has 1 heterocycles. The van der Waals surface area contributed by atoms with E-state index in [0.29, 0.717) is 11.4 Å². The van der Waals surface area contributed by atoms with Crippen LogP contribution in [0.25, 0.3) is 0 Å². The second kappa shape index (κ2) is 10.4. The van der Waals surface area contributed by atoms with Crippen molar-refractivity contribution in [3.05, 3.63) is 80.0 Å². The van der Waals surface area contributed by atoms with Gasteiger partial charge < -0.3 is 34.1 Å². The van der Waals surface area contributed by atoms with Crippen LogP contribution >= 0.6 is 11.6 Å². The lowest BCUT2D eigenvalue weighted by Crippen LogP contribution is -2.32. The first-order valence-corrected chi connectivity index (χ1v) is 10.6. The number of ether oxygens (including phenoxy) is 4. The van der Waals surface area contributed by atoms with E-state index in [4.69, 9.17) is 30.5 Å². The third kappa shape index (κ3) is 4.98. The van der Waals surface area contributed by atoms with E-state index in [1.807, 2.05) is 0 Å². The Labute approximate surface area is 209 Å². The van der Waals surface area contributed by atoms with Crippen molar-refractivity contribution in [2.24, 2.45) is 0 Å². The van der Waals surface area contributed by atoms with Crippen molar-refractivity contribution in [1.82, 2.24) is 0 Å². The smallest absolute Gasteiger partial charge is 0.495 e. The summed E-state index contributed by atoms with van der Waals surface area (Å²) < 4.78 is 20.4. The normalized spacial score (nSPS) is 14.0. The van der Waals surface area contributed by atoms with Crippen LogP contribution in [-0.4, -0.2) is 41.7 Å². The van der Waals surface area contributed by atoms with Crippen LogP contribution in [0.5, 0.6) is 11.5 Å². The Bertz CT molecular complexity index is 1260. The average molecular weight is 521 g/mol. The van der Waals surface area contributed by atoms with Crippen molar-refractivity contribution in [3.8, 4) is 11.5 Å². The molecule has 0 fully saturated rings. The standard InChI is InChI=1S/C23H21ClN2O10/c1-11-20(35-22(27)28)19(13-5-7-18(34-4)16(9-13)26(31)32)21(36-23(29)30)12(2)25(11)14-6-8-17(33-3)15(24)10-14/h5-10,19H,1-4H3,(H,27,28)(H,29,30). The van der Waals surface area contributed by atoms with Crippen LogP contribution < -0.4 is 14.4 Å². The average Bonchev–Trinajstić information content (AvgIpc) is 2.81. The van der Waals surface area contributed by atoms with Crippen molar-refractivity contribution in [3.63, 3.8) is 0 Å². The first-order valence-electron chi connectivity index (χ1n) is 10.2. The van der Waals surface area contributed by atoms with Crippen molar-refractivity contribution < 1.29 is 43.7 Å². The minimum absolute atomic E-state index is 0.0446. The van der Waals surface area contributed by atoms with Gasteiger partial charge >= 0.3 is 18.0 Å². The lowest BCUT2D eigenvalue weighted by atomic mass is 9.89. The maximum atomic E-state index is 11.6. The molecule has 0 radical (unpaired) electrons. The van der Waals surface area contributed by atoms with Crippen molar-refractivity contribution in [2.45, 2.75) is 19.8 Å². The molecule has 0 aromatic heterocycles. The highest BCUT2D eigenvalue weighted by atomic mass is 35.5. The summed E-state index contributed by atoms with van der Waals surface area (Å²) in [6, 6.07) is 8.60. The predicted octanol–water partition coefficient (Wildman–Crippen LogP) is 5.72. The molecule has 0 unspecified atom stereocenters. The molecule has 2 aromatic rings. The Morgan fingerprint density at radius 3 is 1.92 bits per heavy atom. The molecule has 13 heteroatoms. The molecular weight excluding hydrogens is 500 g/mol. The summed E-state index contributed by atoms with van der Waals surface area (Å²) in [6.07, 6.45) is -3.36. The highest BCUT2D eigenvalue weighted by Crippen LogP contribution is 2.46. The largest absolute Gasteiger partial charge is 0.511 e. The van der Waals surface area contributed by atoms with Crippen LogP contribution in [0.1, 0.15) is 25.3 Å². The summed E-state index contributed by atoms with van der Waals surface area (Å²) in [7, 11) is 2.70. The summed E-state index contributed by atoms with van der Waals surface area (Å²) in [5.41, 5.74) is 0.641. The van der Waals surface area contributed by atoms with Gasteiger partial charge in [-0.3, -0.25) is 10.1 Å². The van der Waals surface area contributed by atoms with Gasteiger partial charge in [-0.25, -0.2) is 9.59 Å². The number of nitro benzene ring substituents is 1. The van der Waals surface area contributed by atoms with E-state index in [-0.39, 0.29) is 39.2 Å². The monoisotopic (exact) mass is 520 g/mol. The van der Waals surface area contributed by atoms with Crippen LogP contribution in [-0.2, 0) is 9.47 Å². The summed E-state index contributed by atoms with van der Waals surface area (Å²) in [4.78, 5) is 35.7. The number of hydrogen-bond donors (Lipinski definition) is 2. The number of halogens is 1. The topological polar surface area (TPSA) is 158 Å². The zero-order valence-electron chi connectivity index (χ0n) is 19.5. The lowest BCUT2D eigenvalue weighted by Gasteiger charge is -2.37. The molecule has 0 spiro atoms. The minimum atomic E-state index is -1.68. The Balaban J connectivity index is 2.32. The molecule has 0 bridgehead atoms. The van der Waals surface area contributed by atoms with Gasteiger partial charge in [-0.15, -0.1) is 0 Å². The van der Waals surface area contributed by atoms with Crippen LogP contribution in [0.2, 0.25) is 5.02 Å². The van der Waals surface area contributed by atoms with Crippen LogP contribution in [0.3, 0.4) is 0 Å². The number of anilines is 1. The van der Waals surface area contributed by atoms with Gasteiger partial charge in [0.2, 0.25) is 0 Å². The van der Waals surface area contributed by atoms with E-state index >= 15 is 0 Å². The van der Waals surface area contributed by atoms with Gasteiger partial charge in [0.05, 0.1) is 35.6 Å². The third-order valence-electron chi connectivity index (χ3n) is 5.43. The van der Waals surface area contributed by atoms with Crippen molar-refractivity contribution >= 4 is 35.3 Å². The Hall–Kier alpha value is -4.45. The molecule has 1 aliphatic heterocycles. The van der Waals surface area contributed by atoms with E-state index < -0.39 is 28.8 Å². The van der Waals surface area contributed by atoms with Crippen molar-refractivity contribution in [2.75, 3.05) is 19.1 Å². The summed E-state index contributed by atoms with van der Waals surface area (Å²) in [6.45, 7) is 3.09. The predicted molar refractivity (Wildman–Crippen MR) is 126 cm³/mol. The van der Waals surface area contributed by atoms with Crippen LogP contribution in [0.15, 0.2) is 59.3 Å². The zero-order valence-corrected chi connectivity index (χ0v) is 20.2. The molecule has 36 heavy (non-hydrogen) atoms. The minimum Gasteiger partial charge on any atom is -0.495 e. The first-order chi connectivity index (χ1) is 17.0. The fraction of sp³-hybridized carbons (Fsp3) is 0.217. The van der Waals surface area contributed by atoms with E-state index in [2.05, 4.69) is 0 Å². The van der Waals surface area contributed by atoms with E-state index in [0.717, 1.165) is 6.07 Å². The molecule has 0 amide bonds. The van der Waals surface area contributed by atoms with Gasteiger partial charge in [0.25, 0.3) is 0 Å². The molecule has 0 saturated carbocycles. The second-order valence-electron chi connectivity index (χ2n) is 7.41. The number of rotatable bonds is 7. The Morgan fingerprint density at radius 1 is 0.944 bits per heavy atom. The molecule has 0 aliphatic carbocycles. The molecule has 0 atom stereocenters. The molecule has 3 rings (SSSR count). The molecule has 2 N–H and O–H groups in total. The lowest BCUT2D eigenvalue weighted by molar-refractivity contribution is -0.385. The maximum Gasteiger partial charge on any atom is 0.511 e. The number of carboxylic acid groups (broad SMARTS) is 2. The Morgan fingerprint density at radius 2 is 1.47 bits per heavy atom. The zero-order chi connectivity index (χ0) is 26.7. The summed E-state index contributed by atoms with van der Waals surface area (Å²) >= 11 is 6.28. The number of hydrogen-bond acceptors (Lipinski definition) is 9. The van der Waals surface area contributed by atoms with Gasteiger partial charge in [0, 0.05) is 11.8 Å². The number of allylic oxidation sites excluding steroid dienone is 2. The number of nitro groups is 1. The summed E-state index contributed by atoms with van der Waals surface area (Å²) in [5.74, 6) is -1.37. The van der Waals surface area contributed by atoms with Gasteiger partial charge in [0.15, 0.2) is 5.75 Å². The first kappa shape index (κ1) is 26.2. The van der Waals surface area contributed by atoms with Gasteiger partial charge in [-0.1, -0.05) is 17.7 Å². The maximum absolute atomic E-state index is 11.6. The van der Waals surface area contributed by atoms with Crippen LogP contribution in [0.4, 0.5) is 21.0 Å². The molecular formula is C23H21ClN2O10. The van der Waals surface area contributed by atoms with E-state index in [1.165, 1.54) is 37.3 Å². The van der Waals surface area contributed by atoms with Gasteiger partial charge in [-0.2, -0.15) is 0 Å². The van der Waals surface area contributed by atoms with E-state index in [9.17, 15) is 29.9 Å². The quantitative estimate of drug-likeness (QED) is 0.261. The molecule has 190 valence electrons. The molecule has 2 aromatic carbocycles. The number of methoxy groups -OCH3 is 2. The van der Waals surface area contributed by atoms with Crippen molar-refractivity contribution in [1.29, 1.82) is 0 Å². The fourth-order valence-electron chi connectivity index (χ4n) is 3.98. The third-order valence-corrected chi connectivity index (χ3v) is 5.72.